The van der Waals surface area contributed by atoms with Gasteiger partial charge in [0.15, 0.2) is 0 Å². The van der Waals surface area contributed by atoms with Gasteiger partial charge in [0.05, 0.1) is 6.04 Å². The van der Waals surface area contributed by atoms with Crippen molar-refractivity contribution in [3.8, 4) is 0 Å². The van der Waals surface area contributed by atoms with Crippen LogP contribution in [0.5, 0.6) is 0 Å². The van der Waals surface area contributed by atoms with Gasteiger partial charge in [0.1, 0.15) is 18.1 Å². The molecule has 0 aromatic heterocycles. The Morgan fingerprint density at radius 3 is 1.87 bits per heavy atom. The number of amides is 3. The average Bonchev–Trinajstić information content (AvgIpc) is 2.69. The van der Waals surface area contributed by atoms with E-state index in [1.54, 1.807) is 25.6 Å². The van der Waals surface area contributed by atoms with Crippen molar-refractivity contribution in [1.82, 2.24) is 16.0 Å². The van der Waals surface area contributed by atoms with Gasteiger partial charge in [-0.1, -0.05) is 13.8 Å². The van der Waals surface area contributed by atoms with E-state index >= 15 is 0 Å². The van der Waals surface area contributed by atoms with Crippen LogP contribution in [0.4, 0.5) is 0 Å². The van der Waals surface area contributed by atoms with E-state index in [0.29, 0.717) is 18.6 Å². The minimum absolute atomic E-state index is 0.0293. The molecular formula is C18H34N4O5S3. The number of thioether (sulfide) groups is 2. The molecule has 0 spiro atoms. The standard InChI is InChI=1S/C18H34N4O5S3/c1-10(2)14(18(26)27)22-17(25)13(9-28)21-16(24)12(6-8-30-4)20-15(23)11(19)5-7-29-3/h10-14,28H,5-9,19H2,1-4H3,(H,20,23)(H,21,24)(H,22,25)(H,26,27). The second kappa shape index (κ2) is 15.7. The summed E-state index contributed by atoms with van der Waals surface area (Å²) < 4.78 is 0. The second-order valence-electron chi connectivity index (χ2n) is 7.04. The Bertz CT molecular complexity index is 580. The maximum Gasteiger partial charge on any atom is 0.326 e. The molecule has 4 unspecified atom stereocenters. The Morgan fingerprint density at radius 2 is 1.40 bits per heavy atom. The van der Waals surface area contributed by atoms with Gasteiger partial charge in [-0.15, -0.1) is 0 Å². The Morgan fingerprint density at radius 1 is 0.900 bits per heavy atom. The highest BCUT2D eigenvalue weighted by molar-refractivity contribution is 7.98. The van der Waals surface area contributed by atoms with Crippen LogP contribution in [-0.2, 0) is 19.2 Å². The zero-order valence-electron chi connectivity index (χ0n) is 17.8. The molecule has 9 nitrogen and oxygen atoms in total. The van der Waals surface area contributed by atoms with Gasteiger partial charge < -0.3 is 26.8 Å². The lowest BCUT2D eigenvalue weighted by Crippen LogP contribution is -2.58. The van der Waals surface area contributed by atoms with Gasteiger partial charge in [-0.05, 0) is 42.8 Å². The van der Waals surface area contributed by atoms with Crippen LogP contribution in [0.1, 0.15) is 26.7 Å². The molecule has 0 radical (unpaired) electrons. The zero-order valence-corrected chi connectivity index (χ0v) is 20.4. The van der Waals surface area contributed by atoms with Crippen molar-refractivity contribution < 1.29 is 24.3 Å². The van der Waals surface area contributed by atoms with E-state index in [1.807, 2.05) is 12.5 Å². The SMILES string of the molecule is CSCCC(N)C(=O)NC(CCSC)C(=O)NC(CS)C(=O)NC(C(=O)O)C(C)C. The van der Waals surface area contributed by atoms with Crippen molar-refractivity contribution in [2.75, 3.05) is 29.8 Å². The van der Waals surface area contributed by atoms with Gasteiger partial charge in [-0.3, -0.25) is 14.4 Å². The summed E-state index contributed by atoms with van der Waals surface area (Å²) in [6.07, 6.45) is 4.63. The molecular weight excluding hydrogens is 448 g/mol. The Labute approximate surface area is 192 Å². The van der Waals surface area contributed by atoms with Crippen molar-refractivity contribution in [3.05, 3.63) is 0 Å². The Kier molecular flexibility index (Phi) is 15.1. The molecule has 174 valence electrons. The quantitative estimate of drug-likeness (QED) is 0.178. The van der Waals surface area contributed by atoms with Gasteiger partial charge in [0.2, 0.25) is 17.7 Å². The fourth-order valence-corrected chi connectivity index (χ4v) is 3.61. The molecule has 0 saturated heterocycles. The van der Waals surface area contributed by atoms with Crippen LogP contribution in [0, 0.1) is 5.92 Å². The third-order valence-corrected chi connectivity index (χ3v) is 5.91. The van der Waals surface area contributed by atoms with E-state index in [4.69, 9.17) is 5.73 Å². The van der Waals surface area contributed by atoms with Gasteiger partial charge in [0, 0.05) is 5.75 Å². The molecule has 0 fully saturated rings. The number of hydrogen-bond acceptors (Lipinski definition) is 8. The van der Waals surface area contributed by atoms with E-state index in [1.165, 1.54) is 11.8 Å². The predicted molar refractivity (Wildman–Crippen MR) is 126 cm³/mol. The largest absolute Gasteiger partial charge is 0.480 e. The molecule has 0 rings (SSSR count). The van der Waals surface area contributed by atoms with E-state index in [9.17, 15) is 24.3 Å². The number of carbonyl (C=O) groups excluding carboxylic acids is 3. The second-order valence-corrected chi connectivity index (χ2v) is 9.38. The molecule has 0 aromatic carbocycles. The van der Waals surface area contributed by atoms with E-state index in [2.05, 4.69) is 28.6 Å². The number of carbonyl (C=O) groups is 4. The lowest BCUT2D eigenvalue weighted by atomic mass is 10.0. The van der Waals surface area contributed by atoms with Crippen molar-refractivity contribution in [3.63, 3.8) is 0 Å². The van der Waals surface area contributed by atoms with Crippen molar-refractivity contribution in [1.29, 1.82) is 0 Å². The third kappa shape index (κ3) is 10.8. The molecule has 12 heteroatoms. The van der Waals surface area contributed by atoms with Crippen LogP contribution in [0.15, 0.2) is 0 Å². The van der Waals surface area contributed by atoms with Crippen molar-refractivity contribution >= 4 is 59.8 Å². The number of hydrogen-bond donors (Lipinski definition) is 6. The van der Waals surface area contributed by atoms with Crippen LogP contribution in [0.3, 0.4) is 0 Å². The van der Waals surface area contributed by atoms with E-state index in [-0.39, 0.29) is 11.7 Å². The summed E-state index contributed by atoms with van der Waals surface area (Å²) in [6, 6.07) is -3.72. The number of aliphatic carboxylic acids is 1. The number of nitrogens with one attached hydrogen (secondary N) is 3. The zero-order chi connectivity index (χ0) is 23.3. The molecule has 6 N–H and O–H groups in total. The molecule has 0 heterocycles. The molecule has 0 aliphatic heterocycles. The molecule has 0 aliphatic rings. The minimum Gasteiger partial charge on any atom is -0.480 e. The number of carboxylic acids is 1. The summed E-state index contributed by atoms with van der Waals surface area (Å²) in [5.74, 6) is -1.80. The first-order valence-corrected chi connectivity index (χ1v) is 13.0. The fraction of sp³-hybridized carbons (Fsp3) is 0.778. The topological polar surface area (TPSA) is 151 Å². The molecule has 30 heavy (non-hydrogen) atoms. The monoisotopic (exact) mass is 482 g/mol. The normalized spacial score (nSPS) is 15.0. The summed E-state index contributed by atoms with van der Waals surface area (Å²) in [5.41, 5.74) is 5.87. The summed E-state index contributed by atoms with van der Waals surface area (Å²) >= 11 is 7.19. The van der Waals surface area contributed by atoms with Crippen molar-refractivity contribution in [2.45, 2.75) is 50.9 Å². The van der Waals surface area contributed by atoms with Crippen LogP contribution >= 0.6 is 36.2 Å². The van der Waals surface area contributed by atoms with Gasteiger partial charge in [-0.2, -0.15) is 36.2 Å². The van der Waals surface area contributed by atoms with Crippen molar-refractivity contribution in [2.24, 2.45) is 11.7 Å². The van der Waals surface area contributed by atoms with Crippen LogP contribution in [-0.4, -0.2) is 82.7 Å². The third-order valence-electron chi connectivity index (χ3n) is 4.26. The minimum atomic E-state index is -1.16. The summed E-state index contributed by atoms with van der Waals surface area (Å²) in [7, 11) is 0. The highest BCUT2D eigenvalue weighted by atomic mass is 32.2. The summed E-state index contributed by atoms with van der Waals surface area (Å²) in [4.78, 5) is 48.8. The van der Waals surface area contributed by atoms with Crippen LogP contribution in [0.25, 0.3) is 0 Å². The smallest absolute Gasteiger partial charge is 0.326 e. The first-order valence-electron chi connectivity index (χ1n) is 9.57. The highest BCUT2D eigenvalue weighted by Crippen LogP contribution is 2.06. The Hall–Kier alpha value is -1.11. The number of thiol groups is 1. The average molecular weight is 483 g/mol. The highest BCUT2D eigenvalue weighted by Gasteiger charge is 2.30. The molecule has 0 saturated carbocycles. The van der Waals surface area contributed by atoms with Gasteiger partial charge in [0.25, 0.3) is 0 Å². The lowest BCUT2D eigenvalue weighted by Gasteiger charge is -2.25. The van der Waals surface area contributed by atoms with Crippen LogP contribution in [0.2, 0.25) is 0 Å². The van der Waals surface area contributed by atoms with Gasteiger partial charge >= 0.3 is 5.97 Å². The van der Waals surface area contributed by atoms with Crippen LogP contribution < -0.4 is 21.7 Å². The molecule has 0 bridgehead atoms. The lowest BCUT2D eigenvalue weighted by molar-refractivity contribution is -0.143. The number of carboxylic acid groups (broad SMARTS) is 1. The maximum atomic E-state index is 12.7. The Balaban J connectivity index is 5.13. The maximum absolute atomic E-state index is 12.7. The fourth-order valence-electron chi connectivity index (χ4n) is 2.39. The molecule has 0 aliphatic carbocycles. The molecule has 3 amide bonds. The van der Waals surface area contributed by atoms with E-state index < -0.39 is 47.9 Å². The number of nitrogens with two attached hydrogens (primary N) is 1. The van der Waals surface area contributed by atoms with E-state index in [0.717, 1.165) is 5.75 Å². The van der Waals surface area contributed by atoms with Gasteiger partial charge in [-0.25, -0.2) is 4.79 Å². The number of rotatable bonds is 15. The summed E-state index contributed by atoms with van der Waals surface area (Å²) in [5, 5.41) is 16.9. The summed E-state index contributed by atoms with van der Waals surface area (Å²) in [6.45, 7) is 3.34. The first kappa shape index (κ1) is 28.9. The molecule has 0 aromatic rings. The molecule has 4 atom stereocenters. The predicted octanol–water partition coefficient (Wildman–Crippen LogP) is -0.0553. The first-order chi connectivity index (χ1) is 14.1.